The Balaban J connectivity index is 4.45. The Kier molecular flexibility index (Phi) is 9.44. The first-order valence-electron chi connectivity index (χ1n) is 7.09. The van der Waals surface area contributed by atoms with Crippen molar-refractivity contribution >= 4 is 23.6 Å². The molecule has 0 aromatic heterocycles. The molecular formula is C14H23N3O5. The number of rotatable bonds is 10. The first-order valence-corrected chi connectivity index (χ1v) is 7.09. The SMILES string of the molecule is CCC[C@H](N)C(=O)NC(CNC(=O)/C=C/C(=O)CC)C(=O)O. The highest BCUT2D eigenvalue weighted by molar-refractivity contribution is 5.97. The van der Waals surface area contributed by atoms with Gasteiger partial charge in [0, 0.05) is 19.0 Å². The van der Waals surface area contributed by atoms with Gasteiger partial charge in [0.05, 0.1) is 6.04 Å². The van der Waals surface area contributed by atoms with Crippen LogP contribution in [0.2, 0.25) is 0 Å². The Hall–Kier alpha value is -2.22. The molecular weight excluding hydrogens is 290 g/mol. The largest absolute Gasteiger partial charge is 0.480 e. The van der Waals surface area contributed by atoms with Gasteiger partial charge in [-0.05, 0) is 12.5 Å². The first kappa shape index (κ1) is 19.8. The molecule has 0 aliphatic carbocycles. The van der Waals surface area contributed by atoms with Crippen molar-refractivity contribution in [2.24, 2.45) is 5.73 Å². The van der Waals surface area contributed by atoms with Crippen molar-refractivity contribution in [3.05, 3.63) is 12.2 Å². The molecule has 5 N–H and O–H groups in total. The molecule has 0 saturated carbocycles. The molecule has 22 heavy (non-hydrogen) atoms. The lowest BCUT2D eigenvalue weighted by Crippen LogP contribution is -2.52. The van der Waals surface area contributed by atoms with Gasteiger partial charge in [0.15, 0.2) is 5.78 Å². The van der Waals surface area contributed by atoms with Gasteiger partial charge in [-0.25, -0.2) is 4.79 Å². The third-order valence-corrected chi connectivity index (χ3v) is 2.80. The molecule has 0 fully saturated rings. The molecule has 0 radical (unpaired) electrons. The number of hydrogen-bond donors (Lipinski definition) is 4. The number of hydrogen-bond acceptors (Lipinski definition) is 5. The van der Waals surface area contributed by atoms with E-state index in [1.54, 1.807) is 6.92 Å². The molecule has 0 saturated heterocycles. The van der Waals surface area contributed by atoms with Gasteiger partial charge >= 0.3 is 5.97 Å². The topological polar surface area (TPSA) is 139 Å². The van der Waals surface area contributed by atoms with Gasteiger partial charge in [0.1, 0.15) is 6.04 Å². The first-order chi connectivity index (χ1) is 10.3. The predicted octanol–water partition coefficient (Wildman–Crippen LogP) is -0.665. The number of carboxylic acids is 1. The zero-order chi connectivity index (χ0) is 17.1. The molecule has 2 atom stereocenters. The summed E-state index contributed by atoms with van der Waals surface area (Å²) in [5.74, 6) is -2.70. The molecule has 8 heteroatoms. The summed E-state index contributed by atoms with van der Waals surface area (Å²) in [6.45, 7) is 3.20. The molecule has 0 aliphatic heterocycles. The molecule has 0 aliphatic rings. The Morgan fingerprint density at radius 2 is 1.82 bits per heavy atom. The molecule has 0 heterocycles. The van der Waals surface area contributed by atoms with Gasteiger partial charge in [-0.15, -0.1) is 0 Å². The molecule has 1 unspecified atom stereocenters. The number of ketones is 1. The normalized spacial score (nSPS) is 13.4. The number of amides is 2. The highest BCUT2D eigenvalue weighted by atomic mass is 16.4. The third-order valence-electron chi connectivity index (χ3n) is 2.80. The van der Waals surface area contributed by atoms with Crippen LogP contribution in [0.3, 0.4) is 0 Å². The van der Waals surface area contributed by atoms with E-state index in [4.69, 9.17) is 10.8 Å². The van der Waals surface area contributed by atoms with Crippen LogP contribution in [-0.4, -0.2) is 47.3 Å². The lowest BCUT2D eigenvalue weighted by Gasteiger charge is -2.17. The maximum Gasteiger partial charge on any atom is 0.328 e. The van der Waals surface area contributed by atoms with Gasteiger partial charge in [0.25, 0.3) is 0 Å². The number of allylic oxidation sites excluding steroid dienone is 1. The fraction of sp³-hybridized carbons (Fsp3) is 0.571. The van der Waals surface area contributed by atoms with Gasteiger partial charge < -0.3 is 21.5 Å². The lowest BCUT2D eigenvalue weighted by molar-refractivity contribution is -0.142. The Morgan fingerprint density at radius 3 is 2.32 bits per heavy atom. The van der Waals surface area contributed by atoms with Gasteiger partial charge in [-0.3, -0.25) is 14.4 Å². The van der Waals surface area contributed by atoms with Crippen molar-refractivity contribution in [1.82, 2.24) is 10.6 Å². The molecule has 0 spiro atoms. The summed E-state index contributed by atoms with van der Waals surface area (Å²) in [5.41, 5.74) is 5.59. The van der Waals surface area contributed by atoms with E-state index in [1.807, 2.05) is 6.92 Å². The van der Waals surface area contributed by atoms with Crippen LogP contribution < -0.4 is 16.4 Å². The second kappa shape index (κ2) is 10.5. The minimum absolute atomic E-state index is 0.219. The van der Waals surface area contributed by atoms with Gasteiger partial charge in [0.2, 0.25) is 11.8 Å². The maximum atomic E-state index is 11.7. The monoisotopic (exact) mass is 313 g/mol. The summed E-state index contributed by atoms with van der Waals surface area (Å²) in [6, 6.07) is -2.07. The van der Waals surface area contributed by atoms with Crippen LogP contribution in [0.5, 0.6) is 0 Å². The minimum Gasteiger partial charge on any atom is -0.480 e. The maximum absolute atomic E-state index is 11.7. The van der Waals surface area contributed by atoms with Crippen molar-refractivity contribution in [2.45, 2.75) is 45.2 Å². The average molecular weight is 313 g/mol. The molecule has 8 nitrogen and oxygen atoms in total. The van der Waals surface area contributed by atoms with E-state index in [2.05, 4.69) is 10.6 Å². The van der Waals surface area contributed by atoms with Crippen LogP contribution >= 0.6 is 0 Å². The Morgan fingerprint density at radius 1 is 1.18 bits per heavy atom. The van der Waals surface area contributed by atoms with Gasteiger partial charge in [-0.1, -0.05) is 20.3 Å². The molecule has 0 aromatic carbocycles. The van der Waals surface area contributed by atoms with E-state index in [1.165, 1.54) is 0 Å². The Bertz CT molecular complexity index is 448. The number of nitrogens with one attached hydrogen (secondary N) is 2. The van der Waals surface area contributed by atoms with Crippen molar-refractivity contribution < 1.29 is 24.3 Å². The number of carbonyl (C=O) groups is 4. The van der Waals surface area contributed by atoms with Crippen LogP contribution in [0.4, 0.5) is 0 Å². The predicted molar refractivity (Wildman–Crippen MR) is 79.9 cm³/mol. The van der Waals surface area contributed by atoms with E-state index in [-0.39, 0.29) is 18.7 Å². The van der Waals surface area contributed by atoms with E-state index in [0.29, 0.717) is 12.8 Å². The molecule has 0 rings (SSSR count). The van der Waals surface area contributed by atoms with Crippen LogP contribution in [-0.2, 0) is 19.2 Å². The summed E-state index contributed by atoms with van der Waals surface area (Å²) < 4.78 is 0. The van der Waals surface area contributed by atoms with E-state index < -0.39 is 29.9 Å². The smallest absolute Gasteiger partial charge is 0.328 e. The van der Waals surface area contributed by atoms with E-state index >= 15 is 0 Å². The van der Waals surface area contributed by atoms with Crippen molar-refractivity contribution in [3.63, 3.8) is 0 Å². The highest BCUT2D eigenvalue weighted by Gasteiger charge is 2.23. The van der Waals surface area contributed by atoms with E-state index in [0.717, 1.165) is 12.2 Å². The average Bonchev–Trinajstić information content (AvgIpc) is 2.48. The standard InChI is InChI=1S/C14H23N3O5/c1-3-5-10(15)13(20)17-11(14(21)22)8-16-12(19)7-6-9(18)4-2/h6-7,10-11H,3-5,8,15H2,1-2H3,(H,16,19)(H,17,20)(H,21,22)/b7-6+/t10-,11?/m0/s1. The third kappa shape index (κ3) is 8.15. The van der Waals surface area contributed by atoms with Gasteiger partial charge in [-0.2, -0.15) is 0 Å². The molecule has 0 bridgehead atoms. The number of nitrogens with two attached hydrogens (primary N) is 1. The summed E-state index contributed by atoms with van der Waals surface area (Å²) in [5, 5.41) is 13.6. The molecule has 124 valence electrons. The molecule has 0 aromatic rings. The fourth-order valence-electron chi connectivity index (χ4n) is 1.47. The van der Waals surface area contributed by atoms with Crippen LogP contribution in [0.1, 0.15) is 33.1 Å². The minimum atomic E-state index is -1.29. The zero-order valence-corrected chi connectivity index (χ0v) is 12.8. The molecule has 2 amide bonds. The number of carbonyl (C=O) groups excluding carboxylic acids is 3. The quantitative estimate of drug-likeness (QED) is 0.395. The van der Waals surface area contributed by atoms with Crippen molar-refractivity contribution in [3.8, 4) is 0 Å². The van der Waals surface area contributed by atoms with Crippen LogP contribution in [0.15, 0.2) is 12.2 Å². The number of carboxylic acid groups (broad SMARTS) is 1. The van der Waals surface area contributed by atoms with Crippen LogP contribution in [0, 0.1) is 0 Å². The van der Waals surface area contributed by atoms with Crippen LogP contribution in [0.25, 0.3) is 0 Å². The highest BCUT2D eigenvalue weighted by Crippen LogP contribution is 1.94. The number of aliphatic carboxylic acids is 1. The Labute approximate surface area is 129 Å². The summed E-state index contributed by atoms with van der Waals surface area (Å²) in [6.07, 6.45) is 3.54. The summed E-state index contributed by atoms with van der Waals surface area (Å²) in [4.78, 5) is 45.2. The van der Waals surface area contributed by atoms with Crippen molar-refractivity contribution in [2.75, 3.05) is 6.54 Å². The summed E-state index contributed by atoms with van der Waals surface area (Å²) in [7, 11) is 0. The zero-order valence-electron chi connectivity index (χ0n) is 12.8. The summed E-state index contributed by atoms with van der Waals surface area (Å²) >= 11 is 0. The lowest BCUT2D eigenvalue weighted by atomic mass is 10.1. The van der Waals surface area contributed by atoms with Crippen molar-refractivity contribution in [1.29, 1.82) is 0 Å². The fourth-order valence-corrected chi connectivity index (χ4v) is 1.47. The second-order valence-electron chi connectivity index (χ2n) is 4.69. The van der Waals surface area contributed by atoms with E-state index in [9.17, 15) is 19.2 Å². The second-order valence-corrected chi connectivity index (χ2v) is 4.69.